The van der Waals surface area contributed by atoms with Gasteiger partial charge in [0.25, 0.3) is 0 Å². The highest BCUT2D eigenvalue weighted by Gasteiger charge is 2.17. The van der Waals surface area contributed by atoms with Crippen LogP contribution in [0, 0.1) is 17.5 Å². The second-order valence-corrected chi connectivity index (χ2v) is 5.26. The summed E-state index contributed by atoms with van der Waals surface area (Å²) in [5, 5.41) is 0.350. The predicted molar refractivity (Wildman–Crippen MR) is 81.1 cm³/mol. The van der Waals surface area contributed by atoms with Gasteiger partial charge in [-0.2, -0.15) is 0 Å². The van der Waals surface area contributed by atoms with Crippen LogP contribution >= 0.6 is 0 Å². The lowest BCUT2D eigenvalue weighted by Crippen LogP contribution is -2.11. The van der Waals surface area contributed by atoms with Gasteiger partial charge in [-0.15, -0.1) is 0 Å². The Bertz CT molecular complexity index is 885. The fourth-order valence-electron chi connectivity index (χ4n) is 2.64. The molecule has 0 unspecified atom stereocenters. The third-order valence-electron chi connectivity index (χ3n) is 3.69. The first-order chi connectivity index (χ1) is 11.0. The Kier molecular flexibility index (Phi) is 3.82. The van der Waals surface area contributed by atoms with E-state index in [9.17, 15) is 18.0 Å². The van der Waals surface area contributed by atoms with E-state index in [4.69, 9.17) is 5.73 Å². The number of halogens is 3. The molecule has 0 spiro atoms. The Morgan fingerprint density at radius 3 is 2.39 bits per heavy atom. The van der Waals surface area contributed by atoms with Crippen LogP contribution in [0.3, 0.4) is 0 Å². The number of nitrogens with one attached hydrogen (secondary N) is 1. The van der Waals surface area contributed by atoms with Gasteiger partial charge in [0, 0.05) is 23.6 Å². The van der Waals surface area contributed by atoms with Crippen molar-refractivity contribution in [2.24, 2.45) is 5.73 Å². The van der Waals surface area contributed by atoms with Gasteiger partial charge in [-0.3, -0.25) is 4.79 Å². The number of aromatic amines is 1. The van der Waals surface area contributed by atoms with Gasteiger partial charge in [0.1, 0.15) is 17.5 Å². The molecule has 118 valence electrons. The molecule has 0 fully saturated rings. The van der Waals surface area contributed by atoms with E-state index in [0.717, 1.165) is 6.07 Å². The van der Waals surface area contributed by atoms with Crippen molar-refractivity contribution in [2.75, 3.05) is 0 Å². The maximum atomic E-state index is 14.0. The summed E-state index contributed by atoms with van der Waals surface area (Å²) in [6, 6.07) is 7.60. The first-order valence-corrected chi connectivity index (χ1v) is 6.99. The van der Waals surface area contributed by atoms with Crippen LogP contribution in [0.1, 0.15) is 12.0 Å². The Morgan fingerprint density at radius 1 is 1.04 bits per heavy atom. The third-order valence-corrected chi connectivity index (χ3v) is 3.69. The van der Waals surface area contributed by atoms with Crippen molar-refractivity contribution in [1.29, 1.82) is 0 Å². The standard InChI is InChI=1S/C17H13F3N2O/c18-10-3-1-9(2-4-10)16-12(5-6-15(21)23)13-7-11(19)8-14(20)17(13)22-16/h1-4,7-8,22H,5-6H2,(H2,21,23). The largest absolute Gasteiger partial charge is 0.370 e. The molecule has 0 aliphatic rings. The number of aryl methyl sites for hydroxylation is 1. The topological polar surface area (TPSA) is 58.9 Å². The molecule has 0 saturated carbocycles. The summed E-state index contributed by atoms with van der Waals surface area (Å²) in [5.41, 5.74) is 7.02. The van der Waals surface area contributed by atoms with Crippen LogP contribution < -0.4 is 5.73 Å². The summed E-state index contributed by atoms with van der Waals surface area (Å²) in [4.78, 5) is 14.0. The van der Waals surface area contributed by atoms with Crippen molar-refractivity contribution in [3.05, 3.63) is 59.4 Å². The van der Waals surface area contributed by atoms with Crippen molar-refractivity contribution in [3.8, 4) is 11.3 Å². The third kappa shape index (κ3) is 2.92. The number of aromatic nitrogens is 1. The second kappa shape index (κ2) is 5.79. The number of primary amides is 1. The molecule has 0 bridgehead atoms. The fourth-order valence-corrected chi connectivity index (χ4v) is 2.64. The number of fused-ring (bicyclic) bond motifs is 1. The van der Waals surface area contributed by atoms with E-state index in [2.05, 4.69) is 4.98 Å². The highest BCUT2D eigenvalue weighted by molar-refractivity contribution is 5.91. The number of H-pyrrole nitrogens is 1. The molecule has 23 heavy (non-hydrogen) atoms. The number of carbonyl (C=O) groups excluding carboxylic acids is 1. The molecule has 0 saturated heterocycles. The van der Waals surface area contributed by atoms with Gasteiger partial charge in [-0.25, -0.2) is 13.2 Å². The van der Waals surface area contributed by atoms with Crippen LogP contribution in [-0.2, 0) is 11.2 Å². The zero-order valence-electron chi connectivity index (χ0n) is 12.0. The predicted octanol–water partition coefficient (Wildman–Crippen LogP) is 3.67. The maximum absolute atomic E-state index is 14.0. The quantitative estimate of drug-likeness (QED) is 0.757. The number of hydrogen-bond acceptors (Lipinski definition) is 1. The normalized spacial score (nSPS) is 11.1. The Hall–Kier alpha value is -2.76. The van der Waals surface area contributed by atoms with Gasteiger partial charge < -0.3 is 10.7 Å². The molecule has 0 aliphatic heterocycles. The van der Waals surface area contributed by atoms with Gasteiger partial charge in [0.15, 0.2) is 0 Å². The van der Waals surface area contributed by atoms with Crippen LogP contribution in [0.5, 0.6) is 0 Å². The zero-order valence-corrected chi connectivity index (χ0v) is 12.0. The molecule has 0 radical (unpaired) electrons. The lowest BCUT2D eigenvalue weighted by atomic mass is 10.0. The van der Waals surface area contributed by atoms with Crippen LogP contribution in [0.2, 0.25) is 0 Å². The van der Waals surface area contributed by atoms with Crippen LogP contribution in [0.4, 0.5) is 13.2 Å². The molecule has 3 N–H and O–H groups in total. The molecule has 1 heterocycles. The van der Waals surface area contributed by atoms with E-state index < -0.39 is 23.4 Å². The SMILES string of the molecule is NC(=O)CCc1c(-c2ccc(F)cc2)[nH]c2c(F)cc(F)cc12. The number of nitrogens with two attached hydrogens (primary N) is 1. The molecule has 3 aromatic rings. The minimum atomic E-state index is -0.728. The first kappa shape index (κ1) is 15.1. The van der Waals surface area contributed by atoms with E-state index in [0.29, 0.717) is 22.2 Å². The number of hydrogen-bond donors (Lipinski definition) is 2. The summed E-state index contributed by atoms with van der Waals surface area (Å²) in [6.07, 6.45) is 0.268. The first-order valence-electron chi connectivity index (χ1n) is 6.99. The summed E-state index contributed by atoms with van der Waals surface area (Å²) < 4.78 is 40.6. The zero-order chi connectivity index (χ0) is 16.6. The summed E-state index contributed by atoms with van der Waals surface area (Å²) >= 11 is 0. The Morgan fingerprint density at radius 2 is 1.74 bits per heavy atom. The molecular formula is C17H13F3N2O. The van der Waals surface area contributed by atoms with Crippen molar-refractivity contribution >= 4 is 16.8 Å². The smallest absolute Gasteiger partial charge is 0.217 e. The van der Waals surface area contributed by atoms with Gasteiger partial charge in [0.05, 0.1) is 5.52 Å². The molecule has 0 aliphatic carbocycles. The van der Waals surface area contributed by atoms with Crippen molar-refractivity contribution < 1.29 is 18.0 Å². The lowest BCUT2D eigenvalue weighted by molar-refractivity contribution is -0.117. The Balaban J connectivity index is 2.22. The van der Waals surface area contributed by atoms with E-state index in [1.807, 2.05) is 0 Å². The fraction of sp³-hybridized carbons (Fsp3) is 0.118. The molecule has 0 atom stereocenters. The van der Waals surface area contributed by atoms with Crippen molar-refractivity contribution in [3.63, 3.8) is 0 Å². The van der Waals surface area contributed by atoms with E-state index in [-0.39, 0.29) is 18.4 Å². The molecule has 1 amide bonds. The molecule has 2 aromatic carbocycles. The van der Waals surface area contributed by atoms with Crippen LogP contribution in [0.15, 0.2) is 36.4 Å². The van der Waals surface area contributed by atoms with Gasteiger partial charge in [-0.05, 0) is 47.9 Å². The van der Waals surface area contributed by atoms with Crippen LogP contribution in [-0.4, -0.2) is 10.9 Å². The summed E-state index contributed by atoms with van der Waals surface area (Å²) in [6.45, 7) is 0. The average molecular weight is 318 g/mol. The molecule has 3 rings (SSSR count). The highest BCUT2D eigenvalue weighted by atomic mass is 19.1. The van der Waals surface area contributed by atoms with Gasteiger partial charge in [-0.1, -0.05) is 0 Å². The minimum absolute atomic E-state index is 0.0410. The van der Waals surface area contributed by atoms with Gasteiger partial charge in [0.2, 0.25) is 5.91 Å². The van der Waals surface area contributed by atoms with E-state index >= 15 is 0 Å². The van der Waals surface area contributed by atoms with Crippen molar-refractivity contribution in [2.45, 2.75) is 12.8 Å². The number of amides is 1. The second-order valence-electron chi connectivity index (χ2n) is 5.26. The molecule has 3 nitrogen and oxygen atoms in total. The van der Waals surface area contributed by atoms with E-state index in [1.54, 1.807) is 0 Å². The highest BCUT2D eigenvalue weighted by Crippen LogP contribution is 2.33. The Labute approximate surface area is 129 Å². The maximum Gasteiger partial charge on any atom is 0.217 e. The summed E-state index contributed by atoms with van der Waals surface area (Å²) in [7, 11) is 0. The lowest BCUT2D eigenvalue weighted by Gasteiger charge is -2.04. The minimum Gasteiger partial charge on any atom is -0.370 e. The summed E-state index contributed by atoms with van der Waals surface area (Å²) in [5.74, 6) is -2.35. The van der Waals surface area contributed by atoms with Crippen LogP contribution in [0.25, 0.3) is 22.2 Å². The monoisotopic (exact) mass is 318 g/mol. The number of rotatable bonds is 4. The number of benzene rings is 2. The van der Waals surface area contributed by atoms with Gasteiger partial charge >= 0.3 is 0 Å². The number of carbonyl (C=O) groups is 1. The van der Waals surface area contributed by atoms with Crippen molar-refractivity contribution in [1.82, 2.24) is 4.98 Å². The molecular weight excluding hydrogens is 305 g/mol. The average Bonchev–Trinajstić information content (AvgIpc) is 2.84. The van der Waals surface area contributed by atoms with E-state index in [1.165, 1.54) is 30.3 Å². The molecule has 1 aromatic heterocycles. The molecule has 6 heteroatoms.